The molecule has 0 aliphatic heterocycles. The zero-order chi connectivity index (χ0) is 21.7. The first kappa shape index (κ1) is 22.4. The molecule has 3 aromatic rings. The van der Waals surface area contributed by atoms with Gasteiger partial charge in [-0.15, -0.1) is 11.1 Å². The lowest BCUT2D eigenvalue weighted by Gasteiger charge is -2.23. The molecule has 2 heterocycles. The number of unbranched alkanes of at least 4 members (excludes halogenated alkanes) is 1. The first-order valence-corrected chi connectivity index (χ1v) is 11.9. The number of hydrogen-bond donors (Lipinski definition) is 1. The van der Waals surface area contributed by atoms with E-state index in [-0.39, 0.29) is 10.6 Å². The number of nitrogens with zero attached hydrogens (tertiary/aromatic N) is 4. The van der Waals surface area contributed by atoms with Gasteiger partial charge < -0.3 is 4.74 Å². The normalized spacial score (nSPS) is 13.3. The van der Waals surface area contributed by atoms with Gasteiger partial charge in [0.2, 0.25) is 0 Å². The van der Waals surface area contributed by atoms with E-state index in [0.29, 0.717) is 12.4 Å². The quantitative estimate of drug-likeness (QED) is 0.490. The second-order valence-corrected chi connectivity index (χ2v) is 10.7. The highest BCUT2D eigenvalue weighted by molar-refractivity contribution is 8.15. The summed E-state index contributed by atoms with van der Waals surface area (Å²) in [7, 11) is 0. The lowest BCUT2D eigenvalue weighted by atomic mass is 10.1. The molecule has 0 radical (unpaired) electrons. The average Bonchev–Trinajstić information content (AvgIpc) is 3.24. The van der Waals surface area contributed by atoms with E-state index in [1.54, 1.807) is 0 Å². The fourth-order valence-electron chi connectivity index (χ4n) is 3.00. The molecule has 3 rings (SSSR count). The Morgan fingerprint density at radius 3 is 2.53 bits per heavy atom. The molecule has 162 valence electrons. The van der Waals surface area contributed by atoms with E-state index in [4.69, 9.17) is 16.3 Å². The van der Waals surface area contributed by atoms with E-state index in [2.05, 4.69) is 45.2 Å². The number of rotatable bonds is 8. The van der Waals surface area contributed by atoms with Gasteiger partial charge in [0.15, 0.2) is 10.8 Å². The van der Waals surface area contributed by atoms with Gasteiger partial charge in [-0.2, -0.15) is 5.10 Å². The van der Waals surface area contributed by atoms with Crippen molar-refractivity contribution in [2.24, 2.45) is 0 Å². The molecule has 0 spiro atoms. The van der Waals surface area contributed by atoms with Gasteiger partial charge in [0.25, 0.3) is 5.56 Å². The third kappa shape index (κ3) is 5.26. The maximum Gasteiger partial charge on any atom is 0.289 e. The molecule has 0 aliphatic rings. The Bertz CT molecular complexity index is 1010. The van der Waals surface area contributed by atoms with Crippen molar-refractivity contribution < 1.29 is 4.74 Å². The third-order valence-electron chi connectivity index (χ3n) is 4.64. The highest BCUT2D eigenvalue weighted by Crippen LogP contribution is 2.38. The predicted molar refractivity (Wildman–Crippen MR) is 124 cm³/mol. The van der Waals surface area contributed by atoms with E-state index in [0.717, 1.165) is 11.3 Å². The standard InChI is InChI=1S/C22H29ClN4O2S/c1-5-6-13-30(26-12-11-24-16-26)18-9-7-17(8-10-18)15-29-19-14-25-27(22(2,3)4)21(28)20(19)23/h7-12,14,16,30H,5-6,13,15H2,1-4H3. The molecule has 0 fully saturated rings. The van der Waals surface area contributed by atoms with Gasteiger partial charge in [0.1, 0.15) is 12.9 Å². The van der Waals surface area contributed by atoms with Crippen molar-refractivity contribution in [3.8, 4) is 5.75 Å². The van der Waals surface area contributed by atoms with E-state index in [1.807, 2.05) is 39.5 Å². The Labute approximate surface area is 185 Å². The summed E-state index contributed by atoms with van der Waals surface area (Å²) in [4.78, 5) is 18.0. The number of imidazole rings is 1. The molecule has 0 aliphatic carbocycles. The van der Waals surface area contributed by atoms with Crippen LogP contribution in [0.1, 0.15) is 46.1 Å². The zero-order valence-corrected chi connectivity index (χ0v) is 19.5. The second kappa shape index (κ2) is 9.71. The topological polar surface area (TPSA) is 61.9 Å². The van der Waals surface area contributed by atoms with Crippen molar-refractivity contribution in [3.63, 3.8) is 0 Å². The Kier molecular flexibility index (Phi) is 7.26. The molecule has 1 unspecified atom stereocenters. The van der Waals surface area contributed by atoms with E-state index >= 15 is 0 Å². The molecule has 0 N–H and O–H groups in total. The maximum atomic E-state index is 12.4. The van der Waals surface area contributed by atoms with Crippen LogP contribution in [0.25, 0.3) is 0 Å². The molecule has 0 saturated carbocycles. The lowest BCUT2D eigenvalue weighted by Crippen LogP contribution is -2.36. The lowest BCUT2D eigenvalue weighted by molar-refractivity contribution is 0.292. The van der Waals surface area contributed by atoms with Gasteiger partial charge in [-0.25, -0.2) is 9.67 Å². The SMILES string of the molecule is CCCC[SH](c1ccc(COc2cnn(C(C)(C)C)c(=O)c2Cl)cc1)n1ccnc1. The van der Waals surface area contributed by atoms with E-state index in [1.165, 1.54) is 28.6 Å². The molecule has 30 heavy (non-hydrogen) atoms. The minimum absolute atomic E-state index is 0.0553. The molecule has 1 atom stereocenters. The van der Waals surface area contributed by atoms with Crippen molar-refractivity contribution in [1.82, 2.24) is 18.7 Å². The van der Waals surface area contributed by atoms with Crippen LogP contribution in [0.2, 0.25) is 5.02 Å². The minimum Gasteiger partial charge on any atom is -0.485 e. The smallest absolute Gasteiger partial charge is 0.289 e. The van der Waals surface area contributed by atoms with Gasteiger partial charge in [-0.1, -0.05) is 37.1 Å². The summed E-state index contributed by atoms with van der Waals surface area (Å²) in [5.41, 5.74) is 0.213. The summed E-state index contributed by atoms with van der Waals surface area (Å²) in [6.45, 7) is 8.23. The first-order valence-electron chi connectivity index (χ1n) is 10.1. The molecule has 0 saturated heterocycles. The van der Waals surface area contributed by atoms with Gasteiger partial charge in [-0.3, -0.25) is 8.77 Å². The van der Waals surface area contributed by atoms with Crippen molar-refractivity contribution >= 4 is 22.7 Å². The van der Waals surface area contributed by atoms with Gasteiger partial charge in [-0.05, 0) is 50.6 Å². The molecule has 0 bridgehead atoms. The summed E-state index contributed by atoms with van der Waals surface area (Å²) < 4.78 is 9.37. The van der Waals surface area contributed by atoms with E-state index < -0.39 is 16.6 Å². The number of thiol groups is 1. The highest BCUT2D eigenvalue weighted by Gasteiger charge is 2.20. The van der Waals surface area contributed by atoms with Gasteiger partial charge in [0, 0.05) is 17.3 Å². The van der Waals surface area contributed by atoms with Crippen LogP contribution in [-0.2, 0) is 12.1 Å². The van der Waals surface area contributed by atoms with E-state index in [9.17, 15) is 4.79 Å². The Balaban J connectivity index is 1.72. The van der Waals surface area contributed by atoms with Crippen LogP contribution in [0, 0.1) is 0 Å². The minimum atomic E-state index is -0.471. The molecule has 6 nitrogen and oxygen atoms in total. The molecule has 1 aromatic carbocycles. The highest BCUT2D eigenvalue weighted by atomic mass is 35.5. The number of hydrogen-bond acceptors (Lipinski definition) is 4. The molecular formula is C22H29ClN4O2S. The monoisotopic (exact) mass is 448 g/mol. The molecule has 8 heteroatoms. The Hall–Kier alpha value is -2.25. The summed E-state index contributed by atoms with van der Waals surface area (Å²) in [6.07, 6.45) is 9.62. The molecular weight excluding hydrogens is 420 g/mol. The summed E-state index contributed by atoms with van der Waals surface area (Å²) in [5.74, 6) is 1.43. The van der Waals surface area contributed by atoms with Crippen LogP contribution >= 0.6 is 22.7 Å². The summed E-state index contributed by atoms with van der Waals surface area (Å²) in [5, 5.41) is 4.26. The maximum absolute atomic E-state index is 12.4. The average molecular weight is 449 g/mol. The second-order valence-electron chi connectivity index (χ2n) is 8.09. The number of aromatic nitrogens is 4. The number of benzene rings is 1. The van der Waals surface area contributed by atoms with Gasteiger partial charge in [0.05, 0.1) is 11.7 Å². The summed E-state index contributed by atoms with van der Waals surface area (Å²) in [6, 6.07) is 8.42. The zero-order valence-electron chi connectivity index (χ0n) is 17.9. The van der Waals surface area contributed by atoms with Gasteiger partial charge >= 0.3 is 0 Å². The fraction of sp³-hybridized carbons (Fsp3) is 0.409. The van der Waals surface area contributed by atoms with Crippen LogP contribution in [0.4, 0.5) is 0 Å². The van der Waals surface area contributed by atoms with Crippen LogP contribution in [0.5, 0.6) is 5.75 Å². The van der Waals surface area contributed by atoms with Crippen molar-refractivity contribution in [2.75, 3.05) is 5.75 Å². The molecule has 0 amide bonds. The first-order chi connectivity index (χ1) is 14.3. The number of ether oxygens (including phenoxy) is 1. The van der Waals surface area contributed by atoms with Crippen molar-refractivity contribution in [1.29, 1.82) is 0 Å². The molecule has 2 aromatic heterocycles. The third-order valence-corrected chi connectivity index (χ3v) is 7.42. The Morgan fingerprint density at radius 1 is 1.20 bits per heavy atom. The largest absolute Gasteiger partial charge is 0.485 e. The van der Waals surface area contributed by atoms with Crippen LogP contribution in [0.3, 0.4) is 0 Å². The Morgan fingerprint density at radius 2 is 1.93 bits per heavy atom. The predicted octanol–water partition coefficient (Wildman–Crippen LogP) is 5.05. The van der Waals surface area contributed by atoms with Crippen LogP contribution in [0.15, 0.2) is 58.9 Å². The summed E-state index contributed by atoms with van der Waals surface area (Å²) >= 11 is 5.77. The fourth-order valence-corrected chi connectivity index (χ4v) is 5.46. The van der Waals surface area contributed by atoms with Crippen molar-refractivity contribution in [3.05, 3.63) is 70.1 Å². The van der Waals surface area contributed by atoms with Crippen molar-refractivity contribution in [2.45, 2.75) is 57.6 Å². The number of halogens is 1. The van der Waals surface area contributed by atoms with Crippen LogP contribution in [-0.4, -0.2) is 24.5 Å². The van der Waals surface area contributed by atoms with Crippen LogP contribution < -0.4 is 10.3 Å².